The maximum Gasteiger partial charge on any atom is 1.00 e. The SMILES string of the molecule is OC(F)(F)C(F)(F)C(F)(F)C(O)(F)F.[H-].[Na+]. The summed E-state index contributed by atoms with van der Waals surface area (Å²) in [4.78, 5) is 0. The molecule has 0 aromatic heterocycles. The van der Waals surface area contributed by atoms with E-state index in [-0.39, 0.29) is 31.0 Å². The first-order valence-corrected chi connectivity index (χ1v) is 2.71. The number of alkyl halides is 8. The molecule has 0 spiro atoms. The summed E-state index contributed by atoms with van der Waals surface area (Å²) in [6.45, 7) is 0. The summed E-state index contributed by atoms with van der Waals surface area (Å²) < 4.78 is 92.9. The molecule has 0 unspecified atom stereocenters. The van der Waals surface area contributed by atoms with Crippen LogP contribution in [0, 0.1) is 0 Å². The van der Waals surface area contributed by atoms with Crippen molar-refractivity contribution in [3.05, 3.63) is 0 Å². The van der Waals surface area contributed by atoms with E-state index in [9.17, 15) is 35.1 Å². The van der Waals surface area contributed by atoms with Crippen molar-refractivity contribution in [3.8, 4) is 0 Å². The van der Waals surface area contributed by atoms with Gasteiger partial charge in [0, 0.05) is 0 Å². The molecule has 0 rings (SSSR count). The van der Waals surface area contributed by atoms with Gasteiger partial charge in [0.1, 0.15) is 0 Å². The summed E-state index contributed by atoms with van der Waals surface area (Å²) in [6.07, 6.45) is -12.8. The van der Waals surface area contributed by atoms with E-state index in [1.165, 1.54) is 0 Å². The molecule has 0 amide bonds. The molecular weight excluding hydrogens is 255 g/mol. The summed E-state index contributed by atoms with van der Waals surface area (Å²) in [7, 11) is 0. The van der Waals surface area contributed by atoms with E-state index in [1.807, 2.05) is 0 Å². The van der Waals surface area contributed by atoms with Crippen LogP contribution in [0.25, 0.3) is 0 Å². The zero-order valence-corrected chi connectivity index (χ0v) is 8.92. The van der Waals surface area contributed by atoms with Gasteiger partial charge in [0.05, 0.1) is 0 Å². The number of halogens is 8. The van der Waals surface area contributed by atoms with Crippen LogP contribution < -0.4 is 29.6 Å². The smallest absolute Gasteiger partial charge is 1.00 e. The van der Waals surface area contributed by atoms with Gasteiger partial charge in [0.15, 0.2) is 0 Å². The second-order valence-corrected chi connectivity index (χ2v) is 2.23. The number of aliphatic hydroxyl groups is 2. The Labute approximate surface area is 101 Å². The molecule has 2 N–H and O–H groups in total. The maximum atomic E-state index is 11.8. The number of hydrogen-bond donors (Lipinski definition) is 2. The van der Waals surface area contributed by atoms with Gasteiger partial charge in [-0.25, -0.2) is 0 Å². The van der Waals surface area contributed by atoms with Crippen LogP contribution in [-0.4, -0.2) is 34.3 Å². The number of rotatable bonds is 3. The van der Waals surface area contributed by atoms with Crippen LogP contribution in [0.3, 0.4) is 0 Å². The first-order valence-electron chi connectivity index (χ1n) is 2.71. The second kappa shape index (κ2) is 4.32. The topological polar surface area (TPSA) is 40.5 Å². The molecular formula is C4H3F8NaO2. The minimum atomic E-state index is -6.79. The van der Waals surface area contributed by atoms with Gasteiger partial charge in [-0.15, -0.1) is 0 Å². The van der Waals surface area contributed by atoms with Crippen molar-refractivity contribution in [2.45, 2.75) is 24.1 Å². The van der Waals surface area contributed by atoms with E-state index in [2.05, 4.69) is 0 Å². The Bertz CT molecular complexity index is 199. The van der Waals surface area contributed by atoms with Crippen molar-refractivity contribution in [2.24, 2.45) is 0 Å². The zero-order chi connectivity index (χ0) is 12.0. The van der Waals surface area contributed by atoms with Crippen LogP contribution >= 0.6 is 0 Å². The Morgan fingerprint density at radius 3 is 0.800 bits per heavy atom. The van der Waals surface area contributed by atoms with Gasteiger partial charge in [-0.05, 0) is 0 Å². The molecule has 11 heteroatoms. The van der Waals surface area contributed by atoms with Crippen molar-refractivity contribution in [1.29, 1.82) is 0 Å². The largest absolute Gasteiger partial charge is 1.00 e. The summed E-state index contributed by atoms with van der Waals surface area (Å²) in [5.74, 6) is -13.6. The number of hydrogen-bond acceptors (Lipinski definition) is 2. The normalized spacial score (nSPS) is 14.8. The Hall–Kier alpha value is 0.360. The van der Waals surface area contributed by atoms with E-state index in [1.54, 1.807) is 0 Å². The molecule has 0 heterocycles. The molecule has 0 atom stereocenters. The van der Waals surface area contributed by atoms with Crippen molar-refractivity contribution < 1.29 is 76.3 Å². The Kier molecular flexibility index (Phi) is 5.11. The van der Waals surface area contributed by atoms with E-state index in [0.717, 1.165) is 0 Å². The summed E-state index contributed by atoms with van der Waals surface area (Å²) >= 11 is 0. The van der Waals surface area contributed by atoms with Crippen molar-refractivity contribution in [2.75, 3.05) is 0 Å². The molecule has 2 nitrogen and oxygen atoms in total. The average molecular weight is 258 g/mol. The van der Waals surface area contributed by atoms with Crippen molar-refractivity contribution in [3.63, 3.8) is 0 Å². The van der Waals surface area contributed by atoms with Crippen molar-refractivity contribution >= 4 is 0 Å². The molecule has 0 aliphatic heterocycles. The fraction of sp³-hybridized carbons (Fsp3) is 1.00. The first-order chi connectivity index (χ1) is 5.75. The maximum absolute atomic E-state index is 11.8. The van der Waals surface area contributed by atoms with E-state index >= 15 is 0 Å². The van der Waals surface area contributed by atoms with Gasteiger partial charge in [0.2, 0.25) is 0 Å². The second-order valence-electron chi connectivity index (χ2n) is 2.23. The molecule has 0 aromatic carbocycles. The molecule has 0 aliphatic carbocycles. The fourth-order valence-corrected chi connectivity index (χ4v) is 0.378. The standard InChI is InChI=1S/C4H2F8O2.Na.H/c5-1(6,3(9,10)13)2(7,8)4(11,12)14;;/h13-14H;;/q;+1;-1. The first kappa shape index (κ1) is 17.7. The van der Waals surface area contributed by atoms with Gasteiger partial charge in [0.25, 0.3) is 0 Å². The van der Waals surface area contributed by atoms with Crippen LogP contribution in [0.2, 0.25) is 0 Å². The molecule has 15 heavy (non-hydrogen) atoms. The van der Waals surface area contributed by atoms with Crippen LogP contribution in [0.5, 0.6) is 0 Å². The third-order valence-corrected chi connectivity index (χ3v) is 1.15. The van der Waals surface area contributed by atoms with E-state index < -0.39 is 24.1 Å². The van der Waals surface area contributed by atoms with E-state index in [0.29, 0.717) is 0 Å². The molecule has 0 saturated carbocycles. The molecule has 0 aliphatic rings. The quantitative estimate of drug-likeness (QED) is 0.480. The van der Waals surface area contributed by atoms with Crippen LogP contribution in [-0.2, 0) is 0 Å². The third kappa shape index (κ3) is 2.93. The minimum Gasteiger partial charge on any atom is -1.00 e. The molecule has 88 valence electrons. The Morgan fingerprint density at radius 1 is 0.600 bits per heavy atom. The fourth-order valence-electron chi connectivity index (χ4n) is 0.378. The molecule has 0 radical (unpaired) electrons. The molecule has 0 aromatic rings. The monoisotopic (exact) mass is 258 g/mol. The van der Waals surface area contributed by atoms with Gasteiger partial charge in [-0.3, -0.25) is 0 Å². The summed E-state index contributed by atoms with van der Waals surface area (Å²) in [5, 5.41) is 14.5. The van der Waals surface area contributed by atoms with Crippen LogP contribution in [0.15, 0.2) is 0 Å². The van der Waals surface area contributed by atoms with Crippen molar-refractivity contribution in [1.82, 2.24) is 0 Å². The Balaban J connectivity index is -0.000000845. The van der Waals surface area contributed by atoms with Gasteiger partial charge >= 0.3 is 53.6 Å². The van der Waals surface area contributed by atoms with Gasteiger partial charge in [-0.1, -0.05) is 0 Å². The van der Waals surface area contributed by atoms with Crippen LogP contribution in [0.4, 0.5) is 35.1 Å². The minimum absolute atomic E-state index is 0. The molecule has 0 bridgehead atoms. The van der Waals surface area contributed by atoms with Crippen LogP contribution in [0.1, 0.15) is 1.43 Å². The summed E-state index contributed by atoms with van der Waals surface area (Å²) in [6, 6.07) is 0. The van der Waals surface area contributed by atoms with Gasteiger partial charge < -0.3 is 11.6 Å². The van der Waals surface area contributed by atoms with E-state index in [4.69, 9.17) is 10.2 Å². The predicted octanol–water partition coefficient (Wildman–Crippen LogP) is -1.46. The molecule has 0 saturated heterocycles. The predicted molar refractivity (Wildman–Crippen MR) is 25.3 cm³/mol. The zero-order valence-electron chi connectivity index (χ0n) is 7.92. The Morgan fingerprint density at radius 2 is 0.733 bits per heavy atom. The molecule has 0 fully saturated rings. The average Bonchev–Trinajstić information content (AvgIpc) is 1.81. The third-order valence-electron chi connectivity index (χ3n) is 1.15. The summed E-state index contributed by atoms with van der Waals surface area (Å²) in [5.41, 5.74) is 0. The van der Waals surface area contributed by atoms with Gasteiger partial charge in [-0.2, -0.15) is 35.1 Å².